The molecule has 10 heteroatoms. The SMILES string of the molecule is CN1CCN(c2cc(NC(=O)c3cc(-c4ccc5c(c4)OCO5)n[nH]3)ncn2)CC1. The molecular formula is C20H21N7O3. The Labute approximate surface area is 172 Å². The fourth-order valence-corrected chi connectivity index (χ4v) is 3.45. The summed E-state index contributed by atoms with van der Waals surface area (Å²) in [4.78, 5) is 25.6. The van der Waals surface area contributed by atoms with E-state index >= 15 is 0 Å². The van der Waals surface area contributed by atoms with Gasteiger partial charge in [0.05, 0.1) is 5.69 Å². The summed E-state index contributed by atoms with van der Waals surface area (Å²) in [5.41, 5.74) is 1.80. The normalized spacial score (nSPS) is 16.0. The van der Waals surface area contributed by atoms with Gasteiger partial charge >= 0.3 is 0 Å². The van der Waals surface area contributed by atoms with Gasteiger partial charge in [0.1, 0.15) is 23.7 Å². The molecule has 4 heterocycles. The lowest BCUT2D eigenvalue weighted by atomic mass is 10.1. The molecule has 10 nitrogen and oxygen atoms in total. The molecule has 0 aliphatic carbocycles. The zero-order chi connectivity index (χ0) is 20.5. The molecule has 154 valence electrons. The number of nitrogens with one attached hydrogen (secondary N) is 2. The van der Waals surface area contributed by atoms with Gasteiger partial charge in [0.2, 0.25) is 6.79 Å². The molecule has 0 saturated carbocycles. The molecule has 2 aliphatic heterocycles. The number of rotatable bonds is 4. The van der Waals surface area contributed by atoms with Gasteiger partial charge in [-0.1, -0.05) is 0 Å². The minimum absolute atomic E-state index is 0.210. The van der Waals surface area contributed by atoms with Gasteiger partial charge in [0.25, 0.3) is 5.91 Å². The standard InChI is InChI=1S/C20H21N7O3/c1-26-4-6-27(7-5-26)19-10-18(21-11-22-19)23-20(28)15-9-14(24-25-15)13-2-3-16-17(8-13)30-12-29-16/h2-3,8-11H,4-7,12H2,1H3,(H,24,25)(H,21,22,23,28). The number of aromatic amines is 1. The largest absolute Gasteiger partial charge is 0.454 e. The van der Waals surface area contributed by atoms with Crippen LogP contribution in [0, 0.1) is 0 Å². The highest BCUT2D eigenvalue weighted by atomic mass is 16.7. The van der Waals surface area contributed by atoms with Crippen molar-refractivity contribution in [3.63, 3.8) is 0 Å². The van der Waals surface area contributed by atoms with E-state index in [0.717, 1.165) is 37.6 Å². The average Bonchev–Trinajstić information content (AvgIpc) is 3.43. The lowest BCUT2D eigenvalue weighted by molar-refractivity contribution is 0.102. The molecule has 0 bridgehead atoms. The van der Waals surface area contributed by atoms with E-state index < -0.39 is 0 Å². The van der Waals surface area contributed by atoms with E-state index in [1.165, 1.54) is 6.33 Å². The van der Waals surface area contributed by atoms with Gasteiger partial charge in [0, 0.05) is 37.8 Å². The highest BCUT2D eigenvalue weighted by molar-refractivity contribution is 6.03. The first-order valence-electron chi connectivity index (χ1n) is 9.68. The lowest BCUT2D eigenvalue weighted by Gasteiger charge is -2.33. The number of carbonyl (C=O) groups is 1. The van der Waals surface area contributed by atoms with Gasteiger partial charge in [-0.25, -0.2) is 9.97 Å². The molecule has 3 aromatic rings. The fraction of sp³-hybridized carbons (Fsp3) is 0.300. The highest BCUT2D eigenvalue weighted by Crippen LogP contribution is 2.35. The van der Waals surface area contributed by atoms with Crippen molar-refractivity contribution in [3.05, 3.63) is 42.4 Å². The maximum Gasteiger partial charge on any atom is 0.274 e. The van der Waals surface area contributed by atoms with E-state index in [2.05, 4.69) is 42.3 Å². The number of hydrogen-bond acceptors (Lipinski definition) is 8. The zero-order valence-corrected chi connectivity index (χ0v) is 16.5. The second kappa shape index (κ2) is 7.64. The lowest BCUT2D eigenvalue weighted by Crippen LogP contribution is -2.44. The Bertz CT molecular complexity index is 1080. The quantitative estimate of drug-likeness (QED) is 0.671. The number of ether oxygens (including phenoxy) is 2. The number of fused-ring (bicyclic) bond motifs is 1. The van der Waals surface area contributed by atoms with Crippen LogP contribution in [0.15, 0.2) is 36.7 Å². The molecule has 0 atom stereocenters. The predicted octanol–water partition coefficient (Wildman–Crippen LogP) is 1.60. The van der Waals surface area contributed by atoms with Crippen LogP contribution < -0.4 is 19.7 Å². The first-order chi connectivity index (χ1) is 14.7. The molecule has 0 unspecified atom stereocenters. The molecule has 1 saturated heterocycles. The van der Waals surface area contributed by atoms with Gasteiger partial charge in [-0.05, 0) is 31.3 Å². The van der Waals surface area contributed by atoms with Crippen LogP contribution >= 0.6 is 0 Å². The van der Waals surface area contributed by atoms with Crippen LogP contribution in [-0.4, -0.2) is 71.0 Å². The molecule has 2 N–H and O–H groups in total. The van der Waals surface area contributed by atoms with E-state index in [1.54, 1.807) is 12.1 Å². The van der Waals surface area contributed by atoms with Crippen molar-refractivity contribution in [2.45, 2.75) is 0 Å². The van der Waals surface area contributed by atoms with Gasteiger partial charge in [-0.3, -0.25) is 9.89 Å². The summed E-state index contributed by atoms with van der Waals surface area (Å²) in [6.45, 7) is 3.94. The van der Waals surface area contributed by atoms with E-state index in [-0.39, 0.29) is 12.7 Å². The molecule has 1 aromatic carbocycles. The monoisotopic (exact) mass is 407 g/mol. The first-order valence-corrected chi connectivity index (χ1v) is 9.68. The van der Waals surface area contributed by atoms with Crippen molar-refractivity contribution in [1.82, 2.24) is 25.1 Å². The first kappa shape index (κ1) is 18.4. The van der Waals surface area contributed by atoms with E-state index in [9.17, 15) is 4.79 Å². The summed E-state index contributed by atoms with van der Waals surface area (Å²) >= 11 is 0. The number of carbonyl (C=O) groups excluding carboxylic acids is 1. The minimum Gasteiger partial charge on any atom is -0.454 e. The minimum atomic E-state index is -0.322. The smallest absolute Gasteiger partial charge is 0.274 e. The molecule has 2 aliphatic rings. The van der Waals surface area contributed by atoms with E-state index in [1.807, 2.05) is 18.2 Å². The highest BCUT2D eigenvalue weighted by Gasteiger charge is 2.18. The van der Waals surface area contributed by atoms with Gasteiger partial charge in [0.15, 0.2) is 11.5 Å². The molecule has 1 amide bonds. The number of H-pyrrole nitrogens is 1. The average molecular weight is 407 g/mol. The maximum atomic E-state index is 12.7. The number of hydrogen-bond donors (Lipinski definition) is 2. The Morgan fingerprint density at radius 3 is 2.77 bits per heavy atom. The third-order valence-electron chi connectivity index (χ3n) is 5.21. The number of benzene rings is 1. The summed E-state index contributed by atoms with van der Waals surface area (Å²) < 4.78 is 10.7. The number of likely N-dealkylation sites (N-methyl/N-ethyl adjacent to an activating group) is 1. The molecule has 2 aromatic heterocycles. The Morgan fingerprint density at radius 1 is 1.07 bits per heavy atom. The van der Waals surface area contributed by atoms with Crippen LogP contribution in [0.25, 0.3) is 11.3 Å². The summed E-state index contributed by atoms with van der Waals surface area (Å²) in [5.74, 6) is 2.30. The number of aromatic nitrogens is 4. The second-order valence-corrected chi connectivity index (χ2v) is 7.24. The van der Waals surface area contributed by atoms with E-state index in [4.69, 9.17) is 9.47 Å². The van der Waals surface area contributed by atoms with E-state index in [0.29, 0.717) is 28.7 Å². The van der Waals surface area contributed by atoms with Crippen molar-refractivity contribution in [2.24, 2.45) is 0 Å². The summed E-state index contributed by atoms with van der Waals surface area (Å²) in [6, 6.07) is 9.02. The fourth-order valence-electron chi connectivity index (χ4n) is 3.45. The number of anilines is 2. The molecule has 0 spiro atoms. The Balaban J connectivity index is 1.29. The van der Waals surface area contributed by atoms with Gasteiger partial charge in [-0.2, -0.15) is 5.10 Å². The van der Waals surface area contributed by atoms with Crippen LogP contribution in [0.3, 0.4) is 0 Å². The van der Waals surface area contributed by atoms with Crippen molar-refractivity contribution in [3.8, 4) is 22.8 Å². The number of piperazine rings is 1. The van der Waals surface area contributed by atoms with Crippen LogP contribution in [0.1, 0.15) is 10.5 Å². The van der Waals surface area contributed by atoms with Crippen LogP contribution in [0.4, 0.5) is 11.6 Å². The summed E-state index contributed by atoms with van der Waals surface area (Å²) in [6.07, 6.45) is 1.47. The van der Waals surface area contributed by atoms with Crippen LogP contribution in [-0.2, 0) is 0 Å². The zero-order valence-electron chi connectivity index (χ0n) is 16.5. The third kappa shape index (κ3) is 3.64. The van der Waals surface area contributed by atoms with Crippen LogP contribution in [0.5, 0.6) is 11.5 Å². The molecule has 5 rings (SSSR count). The molecule has 0 radical (unpaired) electrons. The molecular weight excluding hydrogens is 386 g/mol. The summed E-state index contributed by atoms with van der Waals surface area (Å²) in [7, 11) is 2.10. The van der Waals surface area contributed by atoms with Crippen LogP contribution in [0.2, 0.25) is 0 Å². The van der Waals surface area contributed by atoms with Gasteiger partial charge < -0.3 is 24.6 Å². The number of nitrogens with zero attached hydrogens (tertiary/aromatic N) is 5. The topological polar surface area (TPSA) is 108 Å². The molecule has 30 heavy (non-hydrogen) atoms. The van der Waals surface area contributed by atoms with Crippen molar-refractivity contribution < 1.29 is 14.3 Å². The maximum absolute atomic E-state index is 12.7. The predicted molar refractivity (Wildman–Crippen MR) is 110 cm³/mol. The summed E-state index contributed by atoms with van der Waals surface area (Å²) in [5, 5.41) is 9.84. The van der Waals surface area contributed by atoms with Gasteiger partial charge in [-0.15, -0.1) is 0 Å². The second-order valence-electron chi connectivity index (χ2n) is 7.24. The third-order valence-corrected chi connectivity index (χ3v) is 5.21. The molecule has 1 fully saturated rings. The van der Waals surface area contributed by atoms with Crippen molar-refractivity contribution in [1.29, 1.82) is 0 Å². The Hall–Kier alpha value is -3.66. The van der Waals surface area contributed by atoms with Crippen molar-refractivity contribution >= 4 is 17.5 Å². The number of amides is 1. The van der Waals surface area contributed by atoms with Crippen molar-refractivity contribution in [2.75, 3.05) is 50.2 Å². The Morgan fingerprint density at radius 2 is 1.90 bits per heavy atom. The Kier molecular flexibility index (Phi) is 4.68.